The molecule has 0 bridgehead atoms. The molecule has 0 unspecified atom stereocenters. The zero-order valence-corrected chi connectivity index (χ0v) is 11.8. The third-order valence-electron chi connectivity index (χ3n) is 3.93. The quantitative estimate of drug-likeness (QED) is 0.901. The summed E-state index contributed by atoms with van der Waals surface area (Å²) >= 11 is 0. The number of aliphatic hydroxyl groups excluding tert-OH is 1. The number of sulfonamides is 1. The Morgan fingerprint density at radius 2 is 1.90 bits per heavy atom. The van der Waals surface area contributed by atoms with Crippen LogP contribution in [0.1, 0.15) is 31.2 Å². The van der Waals surface area contributed by atoms with Gasteiger partial charge in [-0.1, -0.05) is 12.1 Å². The van der Waals surface area contributed by atoms with Crippen molar-refractivity contribution in [3.8, 4) is 0 Å². The minimum atomic E-state index is -3.60. The van der Waals surface area contributed by atoms with E-state index in [9.17, 15) is 8.42 Å². The molecule has 1 aliphatic carbocycles. The van der Waals surface area contributed by atoms with Gasteiger partial charge in [0.25, 0.3) is 10.0 Å². The van der Waals surface area contributed by atoms with E-state index in [1.807, 2.05) is 0 Å². The third-order valence-corrected chi connectivity index (χ3v) is 5.25. The molecule has 5 nitrogen and oxygen atoms in total. The van der Waals surface area contributed by atoms with Crippen molar-refractivity contribution in [2.45, 2.75) is 36.7 Å². The zero-order valence-electron chi connectivity index (χ0n) is 11.0. The van der Waals surface area contributed by atoms with E-state index >= 15 is 0 Å². The van der Waals surface area contributed by atoms with Gasteiger partial charge in [0, 0.05) is 6.61 Å². The lowest BCUT2D eigenvalue weighted by atomic mass is 9.88. The topological polar surface area (TPSA) is 76.0 Å². The van der Waals surface area contributed by atoms with Crippen LogP contribution in [0.2, 0.25) is 0 Å². The van der Waals surface area contributed by atoms with E-state index < -0.39 is 10.0 Å². The highest BCUT2D eigenvalue weighted by Gasteiger charge is 2.32. The molecule has 2 aliphatic rings. The van der Waals surface area contributed by atoms with E-state index in [1.54, 1.807) is 24.3 Å². The number of ether oxygens (including phenoxy) is 1. The second-order valence-corrected chi connectivity index (χ2v) is 6.88. The number of fused-ring (bicyclic) bond motifs is 1. The van der Waals surface area contributed by atoms with Gasteiger partial charge in [-0.2, -0.15) is 8.42 Å². The third kappa shape index (κ3) is 2.45. The van der Waals surface area contributed by atoms with Crippen molar-refractivity contribution in [3.05, 3.63) is 29.8 Å². The van der Waals surface area contributed by atoms with Crippen LogP contribution >= 0.6 is 0 Å². The molecule has 108 valence electrons. The van der Waals surface area contributed by atoms with Crippen LogP contribution in [0.5, 0.6) is 0 Å². The van der Waals surface area contributed by atoms with Gasteiger partial charge in [-0.3, -0.25) is 0 Å². The maximum atomic E-state index is 11.9. The summed E-state index contributed by atoms with van der Waals surface area (Å²) in [5.41, 5.74) is 0.553. The van der Waals surface area contributed by atoms with Crippen LogP contribution in [0.15, 0.2) is 33.6 Å². The van der Waals surface area contributed by atoms with Crippen molar-refractivity contribution in [3.63, 3.8) is 0 Å². The lowest BCUT2D eigenvalue weighted by Gasteiger charge is -2.27. The molecule has 0 saturated heterocycles. The summed E-state index contributed by atoms with van der Waals surface area (Å²) in [4.78, 5) is 0.221. The number of rotatable bonds is 2. The fourth-order valence-electron chi connectivity index (χ4n) is 2.75. The Kier molecular flexibility index (Phi) is 3.52. The normalized spacial score (nSPS) is 27.8. The van der Waals surface area contributed by atoms with Crippen LogP contribution in [0.4, 0.5) is 0 Å². The molecule has 1 N–H and O–H groups in total. The molecule has 0 spiro atoms. The van der Waals surface area contributed by atoms with Crippen molar-refractivity contribution in [2.24, 2.45) is 10.3 Å². The van der Waals surface area contributed by atoms with E-state index in [4.69, 9.17) is 9.84 Å². The molecular weight excluding hydrogens is 278 g/mol. The number of benzene rings is 1. The van der Waals surface area contributed by atoms with Gasteiger partial charge in [0.15, 0.2) is 0 Å². The average Bonchev–Trinajstić information content (AvgIpc) is 2.72. The number of hydrogen-bond donors (Lipinski definition) is 1. The van der Waals surface area contributed by atoms with Gasteiger partial charge < -0.3 is 9.84 Å². The summed E-state index contributed by atoms with van der Waals surface area (Å²) in [5, 5.41) is 9.12. The Balaban J connectivity index is 1.76. The predicted molar refractivity (Wildman–Crippen MR) is 74.1 cm³/mol. The predicted octanol–water partition coefficient (Wildman–Crippen LogP) is 1.70. The molecule has 0 atom stereocenters. The van der Waals surface area contributed by atoms with Gasteiger partial charge in [-0.25, -0.2) is 0 Å². The minimum Gasteiger partial charge on any atom is -0.473 e. The minimum absolute atomic E-state index is 0.0158. The highest BCUT2D eigenvalue weighted by Crippen LogP contribution is 2.30. The fourth-order valence-corrected chi connectivity index (χ4v) is 3.89. The molecule has 20 heavy (non-hydrogen) atoms. The number of aliphatic hydroxyl groups is 1. The van der Waals surface area contributed by atoms with Crippen molar-refractivity contribution in [1.82, 2.24) is 0 Å². The summed E-state index contributed by atoms with van der Waals surface area (Å²) in [6, 6.07) is 6.73. The summed E-state index contributed by atoms with van der Waals surface area (Å²) < 4.78 is 33.3. The summed E-state index contributed by atoms with van der Waals surface area (Å²) in [5.74, 6) is 0.560. The summed E-state index contributed by atoms with van der Waals surface area (Å²) in [7, 11) is -3.60. The van der Waals surface area contributed by atoms with E-state index in [-0.39, 0.29) is 23.5 Å². The van der Waals surface area contributed by atoms with Crippen molar-refractivity contribution in [1.29, 1.82) is 0 Å². The van der Waals surface area contributed by atoms with E-state index in [0.29, 0.717) is 11.5 Å². The Bertz CT molecular complexity index is 630. The highest BCUT2D eigenvalue weighted by atomic mass is 32.2. The Hall–Kier alpha value is -1.40. The van der Waals surface area contributed by atoms with Crippen molar-refractivity contribution < 1.29 is 18.3 Å². The molecule has 1 aliphatic heterocycles. The molecular formula is C14H17NO4S. The highest BCUT2D eigenvalue weighted by molar-refractivity contribution is 7.90. The van der Waals surface area contributed by atoms with Crippen LogP contribution in [-0.4, -0.2) is 32.1 Å². The lowest BCUT2D eigenvalue weighted by Crippen LogP contribution is -2.25. The van der Waals surface area contributed by atoms with Gasteiger partial charge in [0.2, 0.25) is 5.90 Å². The SMILES string of the molecule is O=S1(=O)N=C(OC2CCC(CO)CC2)c2ccccc21. The van der Waals surface area contributed by atoms with Crippen LogP contribution in [-0.2, 0) is 14.8 Å². The van der Waals surface area contributed by atoms with E-state index in [0.717, 1.165) is 25.7 Å². The van der Waals surface area contributed by atoms with Crippen LogP contribution in [0.25, 0.3) is 0 Å². The van der Waals surface area contributed by atoms with Crippen molar-refractivity contribution in [2.75, 3.05) is 6.61 Å². The molecule has 1 aromatic rings. The van der Waals surface area contributed by atoms with Crippen LogP contribution in [0.3, 0.4) is 0 Å². The first-order valence-corrected chi connectivity index (χ1v) is 8.26. The zero-order chi connectivity index (χ0) is 14.2. The average molecular weight is 295 g/mol. The molecule has 0 aromatic heterocycles. The second-order valence-electron chi connectivity index (χ2n) is 5.31. The van der Waals surface area contributed by atoms with Gasteiger partial charge in [0.1, 0.15) is 11.0 Å². The van der Waals surface area contributed by atoms with Crippen molar-refractivity contribution >= 4 is 15.9 Å². The van der Waals surface area contributed by atoms with Gasteiger partial charge >= 0.3 is 0 Å². The first kappa shape index (κ1) is 13.6. The summed E-state index contributed by atoms with van der Waals surface area (Å²) in [6.07, 6.45) is 3.45. The first-order chi connectivity index (χ1) is 9.60. The molecule has 1 aromatic carbocycles. The molecule has 1 fully saturated rings. The molecule has 0 amide bonds. The maximum absolute atomic E-state index is 11.9. The van der Waals surface area contributed by atoms with Crippen LogP contribution < -0.4 is 0 Å². The Labute approximate surface area is 118 Å². The second kappa shape index (κ2) is 5.18. The summed E-state index contributed by atoms with van der Waals surface area (Å²) in [6.45, 7) is 0.213. The molecule has 1 saturated carbocycles. The molecule has 0 radical (unpaired) electrons. The standard InChI is InChI=1S/C14H17NO4S/c16-9-10-5-7-11(8-6-10)19-14-12-3-1-2-4-13(12)20(17,18)15-14/h1-4,10-11,16H,5-9H2. The smallest absolute Gasteiger partial charge is 0.286 e. The first-order valence-electron chi connectivity index (χ1n) is 6.82. The monoisotopic (exact) mass is 295 g/mol. The van der Waals surface area contributed by atoms with E-state index in [2.05, 4.69) is 4.40 Å². The van der Waals surface area contributed by atoms with Gasteiger partial charge in [0.05, 0.1) is 5.56 Å². The Morgan fingerprint density at radius 1 is 1.20 bits per heavy atom. The Morgan fingerprint density at radius 3 is 2.60 bits per heavy atom. The van der Waals surface area contributed by atoms with E-state index in [1.165, 1.54) is 0 Å². The number of hydrogen-bond acceptors (Lipinski definition) is 4. The largest absolute Gasteiger partial charge is 0.473 e. The lowest BCUT2D eigenvalue weighted by molar-refractivity contribution is 0.0969. The number of nitrogens with zero attached hydrogens (tertiary/aromatic N) is 1. The maximum Gasteiger partial charge on any atom is 0.286 e. The molecule has 3 rings (SSSR count). The van der Waals surface area contributed by atoms with Crippen LogP contribution in [0, 0.1) is 5.92 Å². The molecule has 6 heteroatoms. The fraction of sp³-hybridized carbons (Fsp3) is 0.500. The van der Waals surface area contributed by atoms with Gasteiger partial charge in [-0.15, -0.1) is 4.40 Å². The molecule has 1 heterocycles. The van der Waals surface area contributed by atoms with Gasteiger partial charge in [-0.05, 0) is 43.7 Å².